The van der Waals surface area contributed by atoms with E-state index in [4.69, 9.17) is 14.2 Å². The Kier molecular flexibility index (Phi) is 3.71. The van der Waals surface area contributed by atoms with Crippen LogP contribution in [0.1, 0.15) is 23.5 Å². The normalized spacial score (nSPS) is 17.2. The molecule has 1 N–H and O–H groups in total. The minimum Gasteiger partial charge on any atom is -0.457 e. The van der Waals surface area contributed by atoms with Gasteiger partial charge in [-0.1, -0.05) is 30.3 Å². The highest BCUT2D eigenvalue weighted by Gasteiger charge is 2.30. The zero-order chi connectivity index (χ0) is 18.2. The fraction of sp³-hybridized carbons (Fsp3) is 0.136. The quantitative estimate of drug-likeness (QED) is 0.738. The molecule has 1 amide bonds. The number of ether oxygens (including phenoxy) is 3. The van der Waals surface area contributed by atoms with Crippen molar-refractivity contribution >= 4 is 11.6 Å². The van der Waals surface area contributed by atoms with Gasteiger partial charge in [0, 0.05) is 24.1 Å². The van der Waals surface area contributed by atoms with Crippen LogP contribution >= 0.6 is 0 Å². The molecule has 0 bridgehead atoms. The van der Waals surface area contributed by atoms with Crippen molar-refractivity contribution in [3.63, 3.8) is 0 Å². The Labute approximate surface area is 156 Å². The lowest BCUT2D eigenvalue weighted by atomic mass is 9.84. The van der Waals surface area contributed by atoms with Crippen LogP contribution in [0.3, 0.4) is 0 Å². The van der Waals surface area contributed by atoms with Crippen molar-refractivity contribution in [2.75, 3.05) is 12.1 Å². The molecule has 1 atom stereocenters. The molecule has 0 aliphatic carbocycles. The van der Waals surface area contributed by atoms with Crippen LogP contribution in [-0.4, -0.2) is 12.7 Å². The third-order valence-electron chi connectivity index (χ3n) is 4.82. The fourth-order valence-corrected chi connectivity index (χ4v) is 3.57. The molecule has 2 heterocycles. The van der Waals surface area contributed by atoms with E-state index >= 15 is 0 Å². The summed E-state index contributed by atoms with van der Waals surface area (Å²) in [6.07, 6.45) is 0.376. The first kappa shape index (κ1) is 15.8. The van der Waals surface area contributed by atoms with E-state index in [0.717, 1.165) is 28.3 Å². The predicted octanol–water partition coefficient (Wildman–Crippen LogP) is 4.68. The van der Waals surface area contributed by atoms with Crippen LogP contribution in [0.2, 0.25) is 0 Å². The lowest BCUT2D eigenvalue weighted by molar-refractivity contribution is -0.116. The molecule has 0 spiro atoms. The molecule has 2 aliphatic heterocycles. The first-order chi connectivity index (χ1) is 13.3. The van der Waals surface area contributed by atoms with Crippen molar-refractivity contribution in [3.05, 3.63) is 77.9 Å². The predicted molar refractivity (Wildman–Crippen MR) is 101 cm³/mol. The van der Waals surface area contributed by atoms with Crippen molar-refractivity contribution in [1.29, 1.82) is 0 Å². The molecule has 0 saturated heterocycles. The second-order valence-corrected chi connectivity index (χ2v) is 6.59. The number of carbonyl (C=O) groups is 1. The lowest BCUT2D eigenvalue weighted by Gasteiger charge is -2.26. The van der Waals surface area contributed by atoms with E-state index < -0.39 is 0 Å². The van der Waals surface area contributed by atoms with Gasteiger partial charge in [0.2, 0.25) is 12.7 Å². The molecule has 0 aromatic heterocycles. The summed E-state index contributed by atoms with van der Waals surface area (Å²) in [5.74, 6) is 2.82. The fourth-order valence-electron chi connectivity index (χ4n) is 3.57. The molecule has 0 fully saturated rings. The van der Waals surface area contributed by atoms with E-state index in [2.05, 4.69) is 5.32 Å². The van der Waals surface area contributed by atoms with Crippen molar-refractivity contribution < 1.29 is 19.0 Å². The smallest absolute Gasteiger partial charge is 0.231 e. The van der Waals surface area contributed by atoms with Gasteiger partial charge in [0.15, 0.2) is 11.5 Å². The first-order valence-corrected chi connectivity index (χ1v) is 8.82. The molecule has 5 rings (SSSR count). The standard InChI is InChI=1S/C22H17NO4/c24-22-11-17(18-10-20-21(26-13-25-20)12-19(18)23-22)14-5-4-8-16(9-14)27-15-6-2-1-3-7-15/h1-10,12,17H,11,13H2,(H,23,24). The van der Waals surface area contributed by atoms with Crippen LogP contribution < -0.4 is 19.5 Å². The van der Waals surface area contributed by atoms with Gasteiger partial charge in [-0.15, -0.1) is 0 Å². The number of anilines is 1. The third kappa shape index (κ3) is 2.97. The van der Waals surface area contributed by atoms with Gasteiger partial charge in [0.25, 0.3) is 0 Å². The maximum Gasteiger partial charge on any atom is 0.231 e. The van der Waals surface area contributed by atoms with E-state index in [1.54, 1.807) is 0 Å². The second-order valence-electron chi connectivity index (χ2n) is 6.59. The summed E-state index contributed by atoms with van der Waals surface area (Å²) in [5.41, 5.74) is 2.82. The number of rotatable bonds is 3. The van der Waals surface area contributed by atoms with Crippen LogP contribution in [0.4, 0.5) is 5.69 Å². The van der Waals surface area contributed by atoms with Gasteiger partial charge < -0.3 is 19.5 Å². The highest BCUT2D eigenvalue weighted by Crippen LogP contribution is 2.45. The Bertz CT molecular complexity index is 1020. The van der Waals surface area contributed by atoms with E-state index in [-0.39, 0.29) is 18.6 Å². The molecule has 27 heavy (non-hydrogen) atoms. The minimum atomic E-state index is -0.0671. The van der Waals surface area contributed by atoms with Gasteiger partial charge in [-0.2, -0.15) is 0 Å². The highest BCUT2D eigenvalue weighted by molar-refractivity contribution is 5.96. The Morgan fingerprint density at radius 2 is 1.67 bits per heavy atom. The van der Waals surface area contributed by atoms with Crippen LogP contribution in [-0.2, 0) is 4.79 Å². The number of carbonyl (C=O) groups excluding carboxylic acids is 1. The SMILES string of the molecule is O=C1CC(c2cccc(Oc3ccccc3)c2)c2cc3c(cc2N1)OCO3. The van der Waals surface area contributed by atoms with Gasteiger partial charge in [-0.3, -0.25) is 4.79 Å². The Morgan fingerprint density at radius 3 is 2.52 bits per heavy atom. The zero-order valence-electron chi connectivity index (χ0n) is 14.5. The Balaban J connectivity index is 1.52. The number of para-hydroxylation sites is 1. The van der Waals surface area contributed by atoms with Gasteiger partial charge >= 0.3 is 0 Å². The second kappa shape index (κ2) is 6.36. The zero-order valence-corrected chi connectivity index (χ0v) is 14.5. The molecule has 3 aromatic carbocycles. The Hall–Kier alpha value is -3.47. The summed E-state index contributed by atoms with van der Waals surface area (Å²) in [5, 5.41) is 2.94. The monoisotopic (exact) mass is 359 g/mol. The number of benzene rings is 3. The van der Waals surface area contributed by atoms with E-state index in [0.29, 0.717) is 17.9 Å². The summed E-state index contributed by atoms with van der Waals surface area (Å²) in [6.45, 7) is 0.206. The van der Waals surface area contributed by atoms with E-state index in [9.17, 15) is 4.79 Å². The highest BCUT2D eigenvalue weighted by atomic mass is 16.7. The van der Waals surface area contributed by atoms with Crippen molar-refractivity contribution in [1.82, 2.24) is 0 Å². The van der Waals surface area contributed by atoms with Gasteiger partial charge in [0.05, 0.1) is 0 Å². The topological polar surface area (TPSA) is 56.8 Å². The Morgan fingerprint density at radius 1 is 0.889 bits per heavy atom. The first-order valence-electron chi connectivity index (χ1n) is 8.82. The number of nitrogens with one attached hydrogen (secondary N) is 1. The largest absolute Gasteiger partial charge is 0.457 e. The van der Waals surface area contributed by atoms with Crippen molar-refractivity contribution in [2.45, 2.75) is 12.3 Å². The van der Waals surface area contributed by atoms with E-state index in [1.807, 2.05) is 66.7 Å². The molecular weight excluding hydrogens is 342 g/mol. The molecule has 3 aromatic rings. The summed E-state index contributed by atoms with van der Waals surface area (Å²) in [7, 11) is 0. The number of hydrogen-bond acceptors (Lipinski definition) is 4. The van der Waals surface area contributed by atoms with Gasteiger partial charge in [0.1, 0.15) is 11.5 Å². The molecule has 2 aliphatic rings. The number of amides is 1. The molecule has 134 valence electrons. The van der Waals surface area contributed by atoms with Crippen LogP contribution in [0, 0.1) is 0 Å². The van der Waals surface area contributed by atoms with Crippen molar-refractivity contribution in [2.24, 2.45) is 0 Å². The van der Waals surface area contributed by atoms with Gasteiger partial charge in [-0.05, 0) is 41.5 Å². The van der Waals surface area contributed by atoms with E-state index in [1.165, 1.54) is 0 Å². The van der Waals surface area contributed by atoms with Crippen LogP contribution in [0.15, 0.2) is 66.7 Å². The molecule has 5 nitrogen and oxygen atoms in total. The average Bonchev–Trinajstić information content (AvgIpc) is 3.14. The summed E-state index contributed by atoms with van der Waals surface area (Å²) in [6, 6.07) is 21.3. The summed E-state index contributed by atoms with van der Waals surface area (Å²) < 4.78 is 16.9. The number of fused-ring (bicyclic) bond motifs is 2. The lowest BCUT2D eigenvalue weighted by Crippen LogP contribution is -2.23. The molecule has 1 unspecified atom stereocenters. The maximum absolute atomic E-state index is 12.3. The summed E-state index contributed by atoms with van der Waals surface area (Å²) in [4.78, 5) is 12.3. The van der Waals surface area contributed by atoms with Crippen LogP contribution in [0.25, 0.3) is 0 Å². The number of hydrogen-bond donors (Lipinski definition) is 1. The molecule has 0 radical (unpaired) electrons. The van der Waals surface area contributed by atoms with Gasteiger partial charge in [-0.25, -0.2) is 0 Å². The summed E-state index contributed by atoms with van der Waals surface area (Å²) >= 11 is 0. The van der Waals surface area contributed by atoms with Crippen LogP contribution in [0.5, 0.6) is 23.0 Å². The average molecular weight is 359 g/mol. The minimum absolute atomic E-state index is 0.0132. The molecule has 5 heteroatoms. The maximum atomic E-state index is 12.3. The third-order valence-corrected chi connectivity index (χ3v) is 4.82. The molecule has 0 saturated carbocycles. The molecular formula is C22H17NO4. The van der Waals surface area contributed by atoms with Crippen molar-refractivity contribution in [3.8, 4) is 23.0 Å².